The molecule has 0 spiro atoms. The third-order valence-electron chi connectivity index (χ3n) is 4.72. The van der Waals surface area contributed by atoms with Crippen molar-refractivity contribution in [2.75, 3.05) is 26.3 Å². The Bertz CT molecular complexity index is 243. The number of ether oxygens (including phenoxy) is 2. The van der Waals surface area contributed by atoms with Gasteiger partial charge in [0, 0.05) is 13.2 Å². The molecule has 0 amide bonds. The van der Waals surface area contributed by atoms with Crippen molar-refractivity contribution in [3.8, 4) is 0 Å². The molecule has 3 heteroatoms. The van der Waals surface area contributed by atoms with Crippen LogP contribution < -0.4 is 5.32 Å². The Balaban J connectivity index is 1.87. The number of nitrogens with one attached hydrogen (secondary N) is 1. The van der Waals surface area contributed by atoms with Gasteiger partial charge in [-0.1, -0.05) is 26.7 Å². The molecule has 1 aliphatic carbocycles. The van der Waals surface area contributed by atoms with Crippen LogP contribution in [-0.2, 0) is 9.47 Å². The van der Waals surface area contributed by atoms with E-state index in [2.05, 4.69) is 19.2 Å². The average molecular weight is 269 g/mol. The normalized spacial score (nSPS) is 35.7. The summed E-state index contributed by atoms with van der Waals surface area (Å²) >= 11 is 0. The summed E-state index contributed by atoms with van der Waals surface area (Å²) in [5, 5.41) is 3.51. The molecular weight excluding hydrogens is 238 g/mol. The first-order valence-corrected chi connectivity index (χ1v) is 8.24. The van der Waals surface area contributed by atoms with Gasteiger partial charge in [0.25, 0.3) is 0 Å². The molecule has 2 fully saturated rings. The van der Waals surface area contributed by atoms with Crippen LogP contribution >= 0.6 is 0 Å². The van der Waals surface area contributed by atoms with Gasteiger partial charge in [-0.05, 0) is 44.6 Å². The zero-order valence-electron chi connectivity index (χ0n) is 12.7. The summed E-state index contributed by atoms with van der Waals surface area (Å²) in [5.74, 6) is 0.933. The van der Waals surface area contributed by atoms with Gasteiger partial charge in [-0.25, -0.2) is 0 Å². The summed E-state index contributed by atoms with van der Waals surface area (Å²) in [6.07, 6.45) is 9.25. The van der Waals surface area contributed by atoms with E-state index in [4.69, 9.17) is 9.47 Å². The lowest BCUT2D eigenvalue weighted by Crippen LogP contribution is -2.48. The maximum Gasteiger partial charge on any atom is 0.0838 e. The number of hydrogen-bond acceptors (Lipinski definition) is 3. The molecular formula is C16H31NO2. The standard InChI is InChI=1S/C16H31NO2/c1-3-5-14-6-9-16(10-7-14,13-17-4-2)19-15-8-11-18-12-15/h14-15,17H,3-13H2,1-2H3. The van der Waals surface area contributed by atoms with Crippen molar-refractivity contribution in [3.05, 3.63) is 0 Å². The second-order valence-corrected chi connectivity index (χ2v) is 6.30. The molecule has 0 aromatic heterocycles. The Hall–Kier alpha value is -0.120. The Morgan fingerprint density at radius 2 is 2.00 bits per heavy atom. The van der Waals surface area contributed by atoms with Crippen molar-refractivity contribution in [2.45, 2.75) is 70.5 Å². The summed E-state index contributed by atoms with van der Waals surface area (Å²) in [5.41, 5.74) is 0.0820. The van der Waals surface area contributed by atoms with Crippen LogP contribution in [0.5, 0.6) is 0 Å². The zero-order valence-corrected chi connectivity index (χ0v) is 12.7. The third kappa shape index (κ3) is 4.44. The molecule has 0 bridgehead atoms. The van der Waals surface area contributed by atoms with E-state index in [1.54, 1.807) is 0 Å². The second kappa shape index (κ2) is 7.61. The summed E-state index contributed by atoms with van der Waals surface area (Å²) in [7, 11) is 0. The maximum absolute atomic E-state index is 6.48. The van der Waals surface area contributed by atoms with Gasteiger partial charge < -0.3 is 14.8 Å². The lowest BCUT2D eigenvalue weighted by molar-refractivity contribution is -0.117. The molecule has 0 aromatic rings. The van der Waals surface area contributed by atoms with E-state index in [0.29, 0.717) is 6.10 Å². The minimum Gasteiger partial charge on any atom is -0.379 e. The fourth-order valence-electron chi connectivity index (χ4n) is 3.55. The van der Waals surface area contributed by atoms with Crippen molar-refractivity contribution in [1.29, 1.82) is 0 Å². The van der Waals surface area contributed by atoms with Gasteiger partial charge in [-0.15, -0.1) is 0 Å². The second-order valence-electron chi connectivity index (χ2n) is 6.30. The fourth-order valence-corrected chi connectivity index (χ4v) is 3.55. The SMILES string of the molecule is CCCC1CCC(CNCC)(OC2CCOC2)CC1. The topological polar surface area (TPSA) is 30.5 Å². The van der Waals surface area contributed by atoms with Crippen LogP contribution in [0.3, 0.4) is 0 Å². The van der Waals surface area contributed by atoms with Gasteiger partial charge in [0.2, 0.25) is 0 Å². The molecule has 1 saturated heterocycles. The largest absolute Gasteiger partial charge is 0.379 e. The van der Waals surface area contributed by atoms with Crippen LogP contribution in [0.2, 0.25) is 0 Å². The van der Waals surface area contributed by atoms with Crippen LogP contribution in [0, 0.1) is 5.92 Å². The summed E-state index contributed by atoms with van der Waals surface area (Å²) in [6, 6.07) is 0. The van der Waals surface area contributed by atoms with Gasteiger partial charge in [0.05, 0.1) is 18.3 Å². The highest BCUT2D eigenvalue weighted by atomic mass is 16.6. The average Bonchev–Trinajstić information content (AvgIpc) is 2.92. The number of rotatable bonds is 7. The van der Waals surface area contributed by atoms with E-state index in [9.17, 15) is 0 Å². The quantitative estimate of drug-likeness (QED) is 0.770. The van der Waals surface area contributed by atoms with Crippen LogP contribution in [0.1, 0.15) is 58.8 Å². The summed E-state index contributed by atoms with van der Waals surface area (Å²) in [6.45, 7) is 8.19. The van der Waals surface area contributed by atoms with Gasteiger partial charge in [0.1, 0.15) is 0 Å². The first kappa shape index (κ1) is 15.3. The molecule has 0 radical (unpaired) electrons. The van der Waals surface area contributed by atoms with Crippen molar-refractivity contribution in [1.82, 2.24) is 5.32 Å². The third-order valence-corrected chi connectivity index (χ3v) is 4.72. The lowest BCUT2D eigenvalue weighted by Gasteiger charge is -2.42. The molecule has 2 rings (SSSR count). The molecule has 1 N–H and O–H groups in total. The van der Waals surface area contributed by atoms with E-state index in [1.807, 2.05) is 0 Å². The molecule has 0 aromatic carbocycles. The van der Waals surface area contributed by atoms with E-state index in [0.717, 1.165) is 38.6 Å². The molecule has 2 aliphatic rings. The highest BCUT2D eigenvalue weighted by molar-refractivity contribution is 4.90. The fraction of sp³-hybridized carbons (Fsp3) is 1.00. The highest BCUT2D eigenvalue weighted by Gasteiger charge is 2.38. The number of hydrogen-bond donors (Lipinski definition) is 1. The van der Waals surface area contributed by atoms with Crippen LogP contribution in [0.25, 0.3) is 0 Å². The maximum atomic E-state index is 6.48. The molecule has 1 aliphatic heterocycles. The van der Waals surface area contributed by atoms with Crippen molar-refractivity contribution < 1.29 is 9.47 Å². The molecule has 112 valence electrons. The predicted molar refractivity (Wildman–Crippen MR) is 78.4 cm³/mol. The minimum atomic E-state index is 0.0820. The first-order valence-electron chi connectivity index (χ1n) is 8.24. The monoisotopic (exact) mass is 269 g/mol. The van der Waals surface area contributed by atoms with Crippen molar-refractivity contribution >= 4 is 0 Å². The Labute approximate surface area is 118 Å². The van der Waals surface area contributed by atoms with Gasteiger partial charge >= 0.3 is 0 Å². The van der Waals surface area contributed by atoms with Gasteiger partial charge in [0.15, 0.2) is 0 Å². The first-order chi connectivity index (χ1) is 9.28. The van der Waals surface area contributed by atoms with Crippen LogP contribution in [0.4, 0.5) is 0 Å². The summed E-state index contributed by atoms with van der Waals surface area (Å²) in [4.78, 5) is 0. The van der Waals surface area contributed by atoms with Crippen LogP contribution in [-0.4, -0.2) is 38.0 Å². The molecule has 1 heterocycles. The van der Waals surface area contributed by atoms with Crippen LogP contribution in [0.15, 0.2) is 0 Å². The molecule has 19 heavy (non-hydrogen) atoms. The van der Waals surface area contributed by atoms with E-state index in [-0.39, 0.29) is 5.60 Å². The Kier molecular flexibility index (Phi) is 6.11. The molecule has 3 nitrogen and oxygen atoms in total. The zero-order chi connectivity index (χ0) is 13.6. The van der Waals surface area contributed by atoms with E-state index in [1.165, 1.54) is 38.5 Å². The van der Waals surface area contributed by atoms with Gasteiger partial charge in [-0.2, -0.15) is 0 Å². The summed E-state index contributed by atoms with van der Waals surface area (Å²) < 4.78 is 11.9. The molecule has 1 saturated carbocycles. The smallest absolute Gasteiger partial charge is 0.0838 e. The predicted octanol–water partition coefficient (Wildman–Crippen LogP) is 3.13. The highest BCUT2D eigenvalue weighted by Crippen LogP contribution is 2.38. The van der Waals surface area contributed by atoms with Crippen molar-refractivity contribution in [2.24, 2.45) is 5.92 Å². The van der Waals surface area contributed by atoms with Crippen molar-refractivity contribution in [3.63, 3.8) is 0 Å². The number of likely N-dealkylation sites (N-methyl/N-ethyl adjacent to an activating group) is 1. The Morgan fingerprint density at radius 1 is 1.21 bits per heavy atom. The van der Waals surface area contributed by atoms with E-state index < -0.39 is 0 Å². The Morgan fingerprint density at radius 3 is 2.58 bits per heavy atom. The van der Waals surface area contributed by atoms with E-state index >= 15 is 0 Å². The minimum absolute atomic E-state index is 0.0820. The molecule has 1 atom stereocenters. The lowest BCUT2D eigenvalue weighted by atomic mass is 9.77. The van der Waals surface area contributed by atoms with Gasteiger partial charge in [-0.3, -0.25) is 0 Å². The molecule has 1 unspecified atom stereocenters.